The Morgan fingerprint density at radius 3 is 1.36 bits per heavy atom. The number of aliphatic carboxylic acids is 1. The summed E-state index contributed by atoms with van der Waals surface area (Å²) in [5.74, 6) is -0.935. The van der Waals surface area contributed by atoms with Gasteiger partial charge in [-0.1, -0.05) is 6.58 Å². The molecule has 0 bridgehead atoms. The maximum absolute atomic E-state index is 9.60. The first-order valence-corrected chi connectivity index (χ1v) is 4.27. The van der Waals surface area contributed by atoms with Crippen LogP contribution in [0, 0.1) is 0 Å². The van der Waals surface area contributed by atoms with Crippen LogP contribution in [-0.4, -0.2) is 26.9 Å². The van der Waals surface area contributed by atoms with Crippen molar-refractivity contribution < 1.29 is 29.0 Å². The molecule has 0 aromatic carbocycles. The van der Waals surface area contributed by atoms with Gasteiger partial charge in [0.25, 0.3) is 0 Å². The Hall–Kier alpha value is -1.37. The van der Waals surface area contributed by atoms with E-state index in [1.54, 1.807) is 0 Å². The zero-order chi connectivity index (χ0) is 12.3. The molecule has 0 saturated heterocycles. The van der Waals surface area contributed by atoms with E-state index in [-0.39, 0.29) is 5.57 Å². The summed E-state index contributed by atoms with van der Waals surface area (Å²) in [7, 11) is -3.13. The van der Waals surface area contributed by atoms with E-state index in [9.17, 15) is 4.79 Å². The summed E-state index contributed by atoms with van der Waals surface area (Å²) in [5, 5.41) is 7.89. The third-order valence-corrected chi connectivity index (χ3v) is 0.365. The van der Waals surface area contributed by atoms with E-state index >= 15 is 0 Å². The molecule has 0 heterocycles. The van der Waals surface area contributed by atoms with Gasteiger partial charge in [0.05, 0.1) is 0 Å². The lowest BCUT2D eigenvalue weighted by atomic mass is 10.4. The number of rotatable bonds is 1. The Labute approximate surface area is 80.8 Å². The summed E-state index contributed by atoms with van der Waals surface area (Å²) in [5.41, 5.74) is 8.68. The van der Waals surface area contributed by atoms with E-state index in [1.807, 2.05) is 0 Å². The van der Waals surface area contributed by atoms with Crippen LogP contribution >= 0.6 is 8.25 Å². The van der Waals surface area contributed by atoms with Gasteiger partial charge in [-0.25, -0.2) is 9.59 Å². The number of carboxylic acids is 1. The van der Waals surface area contributed by atoms with Crippen molar-refractivity contribution >= 4 is 20.3 Å². The second kappa shape index (κ2) is 11.6. The number of carbonyl (C=O) groups excluding carboxylic acids is 1. The van der Waals surface area contributed by atoms with E-state index < -0.39 is 20.3 Å². The Morgan fingerprint density at radius 1 is 1.29 bits per heavy atom. The Morgan fingerprint density at radius 2 is 1.36 bits per heavy atom. The van der Waals surface area contributed by atoms with Crippen LogP contribution < -0.4 is 11.5 Å². The number of amides is 2. The van der Waals surface area contributed by atoms with Gasteiger partial charge in [-0.2, -0.15) is 0 Å². The quantitative estimate of drug-likeness (QED) is 0.286. The highest BCUT2D eigenvalue weighted by atomic mass is 31.1. The smallest absolute Gasteiger partial charge is 0.330 e. The van der Waals surface area contributed by atoms with Crippen molar-refractivity contribution in [1.82, 2.24) is 0 Å². The molecule has 0 aliphatic rings. The zero-order valence-electron chi connectivity index (χ0n) is 7.43. The highest BCUT2D eigenvalue weighted by Gasteiger charge is 1.90. The third-order valence-electron chi connectivity index (χ3n) is 0.365. The molecule has 0 unspecified atom stereocenters. The first-order valence-electron chi connectivity index (χ1n) is 2.96. The van der Waals surface area contributed by atoms with E-state index in [4.69, 9.17) is 24.3 Å². The molecule has 0 aromatic rings. The first kappa shape index (κ1) is 18.4. The molecule has 0 fully saturated rings. The number of urea groups is 1. The van der Waals surface area contributed by atoms with E-state index in [0.29, 0.717) is 0 Å². The summed E-state index contributed by atoms with van der Waals surface area (Å²) in [6, 6.07) is -0.833. The largest absolute Gasteiger partial charge is 0.478 e. The van der Waals surface area contributed by atoms with Crippen LogP contribution in [-0.2, 0) is 9.36 Å². The van der Waals surface area contributed by atoms with Crippen LogP contribution in [0.25, 0.3) is 0 Å². The zero-order valence-corrected chi connectivity index (χ0v) is 8.43. The van der Waals surface area contributed by atoms with Crippen molar-refractivity contribution in [2.24, 2.45) is 11.5 Å². The number of hydrogen-bond donors (Lipinski definition) is 5. The maximum atomic E-state index is 9.60. The number of primary amides is 2. The fourth-order valence-electron chi connectivity index (χ4n) is 0. The molecule has 0 radical (unpaired) electrons. The second-order valence-corrected chi connectivity index (χ2v) is 2.34. The van der Waals surface area contributed by atoms with Crippen molar-refractivity contribution in [1.29, 1.82) is 0 Å². The summed E-state index contributed by atoms with van der Waals surface area (Å²) in [6.07, 6.45) is 0. The molecule has 9 heteroatoms. The van der Waals surface area contributed by atoms with Gasteiger partial charge in [-0.3, -0.25) is 4.57 Å². The van der Waals surface area contributed by atoms with Crippen LogP contribution in [0.2, 0.25) is 0 Å². The molecule has 14 heavy (non-hydrogen) atoms. The van der Waals surface area contributed by atoms with Gasteiger partial charge in [0.15, 0.2) is 0 Å². The molecule has 0 rings (SSSR count). The Bertz CT molecular complexity index is 196. The molecule has 84 valence electrons. The number of hydrogen-bond acceptors (Lipinski definition) is 3. The highest BCUT2D eigenvalue weighted by Crippen LogP contribution is 1.98. The number of carbonyl (C=O) groups is 2. The predicted octanol–water partition coefficient (Wildman–Crippen LogP) is -0.968. The minimum Gasteiger partial charge on any atom is -0.478 e. The first-order chi connectivity index (χ1) is 6.11. The molecule has 0 aromatic heterocycles. The molecule has 7 N–H and O–H groups in total. The van der Waals surface area contributed by atoms with E-state index in [1.165, 1.54) is 6.92 Å². The second-order valence-electron chi connectivity index (χ2n) is 1.77. The third kappa shape index (κ3) is 143. The van der Waals surface area contributed by atoms with Gasteiger partial charge in [0.1, 0.15) is 0 Å². The lowest BCUT2D eigenvalue weighted by Crippen LogP contribution is -2.18. The van der Waals surface area contributed by atoms with Crippen LogP contribution in [0.5, 0.6) is 0 Å². The summed E-state index contributed by atoms with van der Waals surface area (Å²) < 4.78 is 8.74. The van der Waals surface area contributed by atoms with Crippen LogP contribution in [0.4, 0.5) is 4.79 Å². The molecule has 0 aliphatic carbocycles. The van der Waals surface area contributed by atoms with Gasteiger partial charge in [0, 0.05) is 5.57 Å². The van der Waals surface area contributed by atoms with E-state index in [2.05, 4.69) is 18.0 Å². The molecule has 2 amide bonds. The standard InChI is InChI=1S/C4H6O2.CH4N2O.H3O3P/c1-3(2)4(5)6;2-1(3)4;1-4(2)3/h1H2,2H3,(H,5,6);(H4,2,3,4);4H,(H2,1,2,3). The summed E-state index contributed by atoms with van der Waals surface area (Å²) >= 11 is 0. The average Bonchev–Trinajstić information content (AvgIpc) is 1.83. The van der Waals surface area contributed by atoms with Gasteiger partial charge in [-0.15, -0.1) is 0 Å². The lowest BCUT2D eigenvalue weighted by molar-refractivity contribution is -0.132. The van der Waals surface area contributed by atoms with Crippen molar-refractivity contribution in [2.75, 3.05) is 0 Å². The van der Waals surface area contributed by atoms with Gasteiger partial charge >= 0.3 is 20.3 Å². The fraction of sp³-hybridized carbons (Fsp3) is 0.200. The van der Waals surface area contributed by atoms with Crippen molar-refractivity contribution in [3.63, 3.8) is 0 Å². The van der Waals surface area contributed by atoms with Crippen LogP contribution in [0.15, 0.2) is 12.2 Å². The monoisotopic (exact) mass is 228 g/mol. The molecule has 0 spiro atoms. The minimum atomic E-state index is -3.13. The molecular formula is C5H13N2O6P. The minimum absolute atomic E-state index is 0.176. The van der Waals surface area contributed by atoms with Crippen molar-refractivity contribution in [3.8, 4) is 0 Å². The fourth-order valence-corrected chi connectivity index (χ4v) is 0. The van der Waals surface area contributed by atoms with Gasteiger partial charge in [0.2, 0.25) is 0 Å². The molecule has 0 aliphatic heterocycles. The van der Waals surface area contributed by atoms with Crippen LogP contribution in [0.1, 0.15) is 6.92 Å². The molecular weight excluding hydrogens is 215 g/mol. The highest BCUT2D eigenvalue weighted by molar-refractivity contribution is 7.30. The van der Waals surface area contributed by atoms with Crippen molar-refractivity contribution in [3.05, 3.63) is 12.2 Å². The molecule has 0 saturated carbocycles. The van der Waals surface area contributed by atoms with Crippen molar-refractivity contribution in [2.45, 2.75) is 6.92 Å². The lowest BCUT2D eigenvalue weighted by Gasteiger charge is -1.79. The summed E-state index contributed by atoms with van der Waals surface area (Å²) in [4.78, 5) is 32.9. The van der Waals surface area contributed by atoms with Crippen LogP contribution in [0.3, 0.4) is 0 Å². The molecule has 8 nitrogen and oxygen atoms in total. The predicted molar refractivity (Wildman–Crippen MR) is 49.7 cm³/mol. The Kier molecular flexibility index (Phi) is 15.3. The maximum Gasteiger partial charge on any atom is 0.330 e. The average molecular weight is 228 g/mol. The van der Waals surface area contributed by atoms with Gasteiger partial charge in [-0.05, 0) is 6.92 Å². The number of carboxylic acid groups (broad SMARTS) is 1. The van der Waals surface area contributed by atoms with Gasteiger partial charge < -0.3 is 26.4 Å². The number of nitrogens with two attached hydrogens (primary N) is 2. The topological polar surface area (TPSA) is 164 Å². The molecule has 0 atom stereocenters. The Balaban J connectivity index is -0.000000135. The summed E-state index contributed by atoms with van der Waals surface area (Å²) in [6.45, 7) is 4.60. The van der Waals surface area contributed by atoms with E-state index in [0.717, 1.165) is 0 Å². The normalized spacial score (nSPS) is 7.43. The SMILES string of the molecule is C=C(C)C(=O)O.NC(N)=O.O=[PH](O)O.